The third kappa shape index (κ3) is 1.32. The van der Waals surface area contributed by atoms with Crippen molar-refractivity contribution < 1.29 is 0 Å². The first-order valence-corrected chi connectivity index (χ1v) is 5.23. The standard InChI is InChI=1S/C11H20/c1-9(2)7-11-6-4-3-5-10(11)8-11/h9-10H,3-8H2,1-2H3. The molecule has 2 saturated carbocycles. The zero-order valence-corrected chi connectivity index (χ0v) is 7.90. The fraction of sp³-hybridized carbons (Fsp3) is 1.00. The maximum absolute atomic E-state index is 2.37. The number of rotatable bonds is 2. The summed E-state index contributed by atoms with van der Waals surface area (Å²) in [4.78, 5) is 0. The lowest BCUT2D eigenvalue weighted by molar-refractivity contribution is 0.282. The van der Waals surface area contributed by atoms with Crippen molar-refractivity contribution in [3.05, 3.63) is 0 Å². The molecule has 0 heterocycles. The Morgan fingerprint density at radius 2 is 2.18 bits per heavy atom. The van der Waals surface area contributed by atoms with Gasteiger partial charge in [-0.1, -0.05) is 26.7 Å². The van der Waals surface area contributed by atoms with Crippen molar-refractivity contribution in [3.8, 4) is 0 Å². The fourth-order valence-corrected chi connectivity index (χ4v) is 3.18. The van der Waals surface area contributed by atoms with E-state index in [0.717, 1.165) is 17.3 Å². The molecule has 2 fully saturated rings. The van der Waals surface area contributed by atoms with Crippen LogP contribution in [0.5, 0.6) is 0 Å². The Balaban J connectivity index is 1.92. The van der Waals surface area contributed by atoms with Gasteiger partial charge in [0, 0.05) is 0 Å². The van der Waals surface area contributed by atoms with E-state index in [-0.39, 0.29) is 0 Å². The first kappa shape index (κ1) is 7.64. The van der Waals surface area contributed by atoms with Gasteiger partial charge in [0.25, 0.3) is 0 Å². The first-order valence-electron chi connectivity index (χ1n) is 5.23. The monoisotopic (exact) mass is 152 g/mol. The molecule has 2 aliphatic carbocycles. The molecule has 2 unspecified atom stereocenters. The molecule has 0 saturated heterocycles. The molecule has 0 nitrogen and oxygen atoms in total. The van der Waals surface area contributed by atoms with E-state index in [0.29, 0.717) is 0 Å². The molecule has 0 radical (unpaired) electrons. The molecule has 0 aromatic rings. The van der Waals surface area contributed by atoms with Gasteiger partial charge in [-0.15, -0.1) is 0 Å². The van der Waals surface area contributed by atoms with E-state index in [2.05, 4.69) is 13.8 Å². The van der Waals surface area contributed by atoms with E-state index in [9.17, 15) is 0 Å². The van der Waals surface area contributed by atoms with Crippen LogP contribution in [0.3, 0.4) is 0 Å². The molecule has 2 rings (SSSR count). The summed E-state index contributed by atoms with van der Waals surface area (Å²) < 4.78 is 0. The molecule has 0 heteroatoms. The summed E-state index contributed by atoms with van der Waals surface area (Å²) in [6, 6.07) is 0. The molecule has 0 aromatic heterocycles. The normalized spacial score (nSPS) is 42.3. The van der Waals surface area contributed by atoms with Crippen LogP contribution in [0.1, 0.15) is 52.4 Å². The smallest absolute Gasteiger partial charge is 0.0264 e. The second-order valence-electron chi connectivity index (χ2n) is 5.11. The Kier molecular flexibility index (Phi) is 1.74. The molecule has 2 atom stereocenters. The predicted octanol–water partition coefficient (Wildman–Crippen LogP) is 3.61. The van der Waals surface area contributed by atoms with Gasteiger partial charge in [-0.05, 0) is 42.9 Å². The van der Waals surface area contributed by atoms with E-state index < -0.39 is 0 Å². The van der Waals surface area contributed by atoms with Crippen molar-refractivity contribution in [2.75, 3.05) is 0 Å². The highest BCUT2D eigenvalue weighted by atomic mass is 14.6. The summed E-state index contributed by atoms with van der Waals surface area (Å²) in [5.41, 5.74) is 0.867. The van der Waals surface area contributed by atoms with Crippen molar-refractivity contribution in [2.45, 2.75) is 52.4 Å². The van der Waals surface area contributed by atoms with Gasteiger partial charge in [-0.3, -0.25) is 0 Å². The van der Waals surface area contributed by atoms with Gasteiger partial charge in [0.2, 0.25) is 0 Å². The van der Waals surface area contributed by atoms with E-state index in [1.807, 2.05) is 0 Å². The molecule has 64 valence electrons. The molecule has 0 spiro atoms. The summed E-state index contributed by atoms with van der Waals surface area (Å²) in [6.07, 6.45) is 9.22. The predicted molar refractivity (Wildman–Crippen MR) is 48.5 cm³/mol. The minimum absolute atomic E-state index is 0.867. The molecular formula is C11H20. The van der Waals surface area contributed by atoms with Gasteiger partial charge in [-0.25, -0.2) is 0 Å². The molecule has 0 bridgehead atoms. The summed E-state index contributed by atoms with van der Waals surface area (Å²) in [7, 11) is 0. The summed E-state index contributed by atoms with van der Waals surface area (Å²) >= 11 is 0. The summed E-state index contributed by atoms with van der Waals surface area (Å²) in [5.74, 6) is 2.08. The van der Waals surface area contributed by atoms with Gasteiger partial charge in [0.05, 0.1) is 0 Å². The van der Waals surface area contributed by atoms with E-state index in [1.165, 1.54) is 19.3 Å². The van der Waals surface area contributed by atoms with Crippen LogP contribution in [0, 0.1) is 17.3 Å². The Bertz CT molecular complexity index is 148. The Labute approximate surface area is 70.4 Å². The van der Waals surface area contributed by atoms with Crippen molar-refractivity contribution >= 4 is 0 Å². The van der Waals surface area contributed by atoms with Gasteiger partial charge < -0.3 is 0 Å². The van der Waals surface area contributed by atoms with E-state index >= 15 is 0 Å². The quantitative estimate of drug-likeness (QED) is 0.567. The SMILES string of the molecule is CC(C)CC12CCCCC1C2. The largest absolute Gasteiger partial charge is 0.0628 e. The zero-order chi connectivity index (χ0) is 7.90. The Morgan fingerprint density at radius 1 is 1.36 bits per heavy atom. The van der Waals surface area contributed by atoms with Crippen LogP contribution in [0.15, 0.2) is 0 Å². The van der Waals surface area contributed by atoms with Gasteiger partial charge in [-0.2, -0.15) is 0 Å². The molecular weight excluding hydrogens is 132 g/mol. The number of hydrogen-bond donors (Lipinski definition) is 0. The molecule has 11 heavy (non-hydrogen) atoms. The van der Waals surface area contributed by atoms with Gasteiger partial charge in [0.1, 0.15) is 0 Å². The van der Waals surface area contributed by atoms with Crippen LogP contribution in [-0.2, 0) is 0 Å². The second-order valence-corrected chi connectivity index (χ2v) is 5.11. The molecule has 0 aromatic carbocycles. The van der Waals surface area contributed by atoms with Crippen molar-refractivity contribution in [1.29, 1.82) is 0 Å². The van der Waals surface area contributed by atoms with Crippen molar-refractivity contribution in [1.82, 2.24) is 0 Å². The van der Waals surface area contributed by atoms with Crippen LogP contribution in [0.4, 0.5) is 0 Å². The Hall–Kier alpha value is 0. The minimum Gasteiger partial charge on any atom is -0.0628 e. The van der Waals surface area contributed by atoms with Crippen LogP contribution in [-0.4, -0.2) is 0 Å². The highest BCUT2D eigenvalue weighted by Gasteiger charge is 2.53. The summed E-state index contributed by atoms with van der Waals surface area (Å²) in [6.45, 7) is 4.75. The van der Waals surface area contributed by atoms with Gasteiger partial charge in [0.15, 0.2) is 0 Å². The van der Waals surface area contributed by atoms with E-state index in [4.69, 9.17) is 0 Å². The maximum Gasteiger partial charge on any atom is -0.0264 e. The average Bonchev–Trinajstić information content (AvgIpc) is 2.59. The minimum atomic E-state index is 0.867. The molecule has 0 N–H and O–H groups in total. The average molecular weight is 152 g/mol. The van der Waals surface area contributed by atoms with Crippen LogP contribution in [0.2, 0.25) is 0 Å². The van der Waals surface area contributed by atoms with Crippen LogP contribution in [0.25, 0.3) is 0 Å². The molecule has 2 aliphatic rings. The lowest BCUT2D eigenvalue weighted by Crippen LogP contribution is -2.11. The Morgan fingerprint density at radius 3 is 2.82 bits per heavy atom. The number of fused-ring (bicyclic) bond motifs is 1. The first-order chi connectivity index (χ1) is 5.23. The van der Waals surface area contributed by atoms with E-state index in [1.54, 1.807) is 19.3 Å². The lowest BCUT2D eigenvalue weighted by Gasteiger charge is -2.23. The van der Waals surface area contributed by atoms with Crippen molar-refractivity contribution in [3.63, 3.8) is 0 Å². The fourth-order valence-electron chi connectivity index (χ4n) is 3.18. The highest BCUT2D eigenvalue weighted by molar-refractivity contribution is 5.04. The topological polar surface area (TPSA) is 0 Å². The second kappa shape index (κ2) is 2.50. The highest BCUT2D eigenvalue weighted by Crippen LogP contribution is 2.64. The summed E-state index contributed by atoms with van der Waals surface area (Å²) in [5, 5.41) is 0. The van der Waals surface area contributed by atoms with Crippen molar-refractivity contribution in [2.24, 2.45) is 17.3 Å². The molecule has 0 aliphatic heterocycles. The number of hydrogen-bond acceptors (Lipinski definition) is 0. The third-order valence-electron chi connectivity index (χ3n) is 3.65. The van der Waals surface area contributed by atoms with Gasteiger partial charge >= 0.3 is 0 Å². The third-order valence-corrected chi connectivity index (χ3v) is 3.65. The maximum atomic E-state index is 2.37. The van der Waals surface area contributed by atoms with Crippen LogP contribution < -0.4 is 0 Å². The molecule has 0 amide bonds. The lowest BCUT2D eigenvalue weighted by atomic mass is 9.82. The zero-order valence-electron chi connectivity index (χ0n) is 7.90. The van der Waals surface area contributed by atoms with Crippen LogP contribution >= 0.6 is 0 Å².